The Labute approximate surface area is 226 Å². The quantitative estimate of drug-likeness (QED) is 0.501. The molecule has 2 aromatic carbocycles. The molecule has 2 saturated heterocycles. The van der Waals surface area contributed by atoms with Gasteiger partial charge in [-0.2, -0.15) is 5.10 Å². The van der Waals surface area contributed by atoms with Crippen LogP contribution < -0.4 is 4.90 Å². The summed E-state index contributed by atoms with van der Waals surface area (Å²) >= 11 is 3.61. The molecule has 11 heteroatoms. The SMILES string of the molecule is O=C(CN1C(=O)C2(CCN(C(=O)c3ccc4[nH]ncc4c3)CC2)c2c(Br)cccc21)N1CCCC(F)(F)C1. The van der Waals surface area contributed by atoms with Crippen molar-refractivity contribution in [3.05, 3.63) is 58.2 Å². The van der Waals surface area contributed by atoms with Crippen LogP contribution in [0.3, 0.4) is 0 Å². The first-order chi connectivity index (χ1) is 18.2. The largest absolute Gasteiger partial charge is 0.339 e. The number of carbonyl (C=O) groups is 3. The molecule has 198 valence electrons. The zero-order valence-corrected chi connectivity index (χ0v) is 22.1. The number of halogens is 3. The maximum Gasteiger partial charge on any atom is 0.265 e. The van der Waals surface area contributed by atoms with Gasteiger partial charge in [0.05, 0.1) is 23.7 Å². The minimum Gasteiger partial charge on any atom is -0.339 e. The van der Waals surface area contributed by atoms with Crippen molar-refractivity contribution in [1.29, 1.82) is 0 Å². The third-order valence-corrected chi connectivity index (χ3v) is 8.71. The average Bonchev–Trinajstić information content (AvgIpc) is 3.46. The average molecular weight is 586 g/mol. The summed E-state index contributed by atoms with van der Waals surface area (Å²) in [7, 11) is 0. The summed E-state index contributed by atoms with van der Waals surface area (Å²) in [5.41, 5.74) is 1.92. The van der Waals surface area contributed by atoms with E-state index in [4.69, 9.17) is 0 Å². The van der Waals surface area contributed by atoms with E-state index < -0.39 is 23.8 Å². The Morgan fingerprint density at radius 3 is 2.61 bits per heavy atom. The fourth-order valence-electron chi connectivity index (χ4n) is 6.07. The first-order valence-corrected chi connectivity index (χ1v) is 13.5. The van der Waals surface area contributed by atoms with Gasteiger partial charge in [0.25, 0.3) is 11.8 Å². The van der Waals surface area contributed by atoms with Gasteiger partial charge in [0.1, 0.15) is 6.54 Å². The number of likely N-dealkylation sites (tertiary alicyclic amines) is 2. The van der Waals surface area contributed by atoms with Gasteiger partial charge in [-0.05, 0) is 49.6 Å². The number of nitrogens with zero attached hydrogens (tertiary/aromatic N) is 4. The van der Waals surface area contributed by atoms with Crippen LogP contribution in [0.1, 0.15) is 41.6 Å². The number of anilines is 1. The fraction of sp³-hybridized carbons (Fsp3) is 0.407. The Bertz CT molecular complexity index is 1450. The van der Waals surface area contributed by atoms with Crippen molar-refractivity contribution < 1.29 is 23.2 Å². The molecule has 4 heterocycles. The lowest BCUT2D eigenvalue weighted by Crippen LogP contribution is -2.53. The molecular formula is C27H26BrF2N5O3. The Hall–Kier alpha value is -3.34. The molecule has 8 nitrogen and oxygen atoms in total. The summed E-state index contributed by atoms with van der Waals surface area (Å²) in [6.45, 7) is 0.0952. The molecule has 0 radical (unpaired) electrons. The van der Waals surface area contributed by atoms with E-state index in [1.807, 2.05) is 12.1 Å². The zero-order valence-electron chi connectivity index (χ0n) is 20.6. The van der Waals surface area contributed by atoms with E-state index in [-0.39, 0.29) is 37.7 Å². The molecule has 6 rings (SSSR count). The van der Waals surface area contributed by atoms with Gasteiger partial charge in [0.15, 0.2) is 0 Å². The molecule has 1 spiro atoms. The third-order valence-electron chi connectivity index (χ3n) is 8.05. The number of piperidine rings is 2. The lowest BCUT2D eigenvalue weighted by atomic mass is 9.73. The molecule has 1 N–H and O–H groups in total. The molecule has 0 aliphatic carbocycles. The summed E-state index contributed by atoms with van der Waals surface area (Å²) in [4.78, 5) is 44.7. The zero-order chi connectivity index (χ0) is 26.7. The number of fused-ring (bicyclic) bond motifs is 3. The first-order valence-electron chi connectivity index (χ1n) is 12.7. The third kappa shape index (κ3) is 4.07. The van der Waals surface area contributed by atoms with Crippen molar-refractivity contribution in [3.8, 4) is 0 Å². The highest BCUT2D eigenvalue weighted by molar-refractivity contribution is 9.10. The Balaban J connectivity index is 1.23. The second kappa shape index (κ2) is 9.14. The molecular weight excluding hydrogens is 560 g/mol. The van der Waals surface area contributed by atoms with Crippen molar-refractivity contribution in [2.45, 2.75) is 37.0 Å². The van der Waals surface area contributed by atoms with Crippen LogP contribution in [0.2, 0.25) is 0 Å². The van der Waals surface area contributed by atoms with Gasteiger partial charge in [0.2, 0.25) is 11.8 Å². The number of aromatic nitrogens is 2. The number of carbonyl (C=O) groups excluding carboxylic acids is 3. The standard InChI is InChI=1S/C27H26BrF2N5O3/c28-19-3-1-4-21-23(19)26(25(38)35(21)15-22(36)34-10-2-7-27(29,30)16-34)8-11-33(12-9-26)24(37)17-5-6-20-18(13-17)14-31-32-20/h1,3-6,13-14H,2,7-12,15-16H2,(H,31,32). The predicted molar refractivity (Wildman–Crippen MR) is 140 cm³/mol. The van der Waals surface area contributed by atoms with Crippen molar-refractivity contribution in [3.63, 3.8) is 0 Å². The smallest absolute Gasteiger partial charge is 0.265 e. The molecule has 3 aliphatic heterocycles. The highest BCUT2D eigenvalue weighted by atomic mass is 79.9. The summed E-state index contributed by atoms with van der Waals surface area (Å²) in [5, 5.41) is 7.73. The van der Waals surface area contributed by atoms with Gasteiger partial charge in [0, 0.05) is 52.7 Å². The van der Waals surface area contributed by atoms with E-state index in [1.165, 1.54) is 4.90 Å². The number of hydrogen-bond donors (Lipinski definition) is 1. The van der Waals surface area contributed by atoms with Crippen LogP contribution in [0.15, 0.2) is 47.1 Å². The van der Waals surface area contributed by atoms with E-state index in [2.05, 4.69) is 26.1 Å². The number of nitrogens with one attached hydrogen (secondary N) is 1. The highest BCUT2D eigenvalue weighted by Crippen LogP contribution is 2.51. The van der Waals surface area contributed by atoms with Crippen LogP contribution in [0.5, 0.6) is 0 Å². The summed E-state index contributed by atoms with van der Waals surface area (Å²) < 4.78 is 28.7. The van der Waals surface area contributed by atoms with Gasteiger partial charge in [-0.1, -0.05) is 22.0 Å². The van der Waals surface area contributed by atoms with Gasteiger partial charge in [-0.15, -0.1) is 0 Å². The molecule has 3 amide bonds. The molecule has 38 heavy (non-hydrogen) atoms. The molecule has 3 aliphatic rings. The maximum absolute atomic E-state index is 14.0. The summed E-state index contributed by atoms with van der Waals surface area (Å²) in [6, 6.07) is 10.8. The van der Waals surface area contributed by atoms with E-state index in [9.17, 15) is 23.2 Å². The van der Waals surface area contributed by atoms with Crippen molar-refractivity contribution >= 4 is 50.2 Å². The van der Waals surface area contributed by atoms with E-state index in [0.717, 1.165) is 25.8 Å². The van der Waals surface area contributed by atoms with Gasteiger partial charge < -0.3 is 14.7 Å². The van der Waals surface area contributed by atoms with Gasteiger partial charge >= 0.3 is 0 Å². The molecule has 0 saturated carbocycles. The molecule has 0 unspecified atom stereocenters. The van der Waals surface area contributed by atoms with Crippen LogP contribution in [0.4, 0.5) is 14.5 Å². The van der Waals surface area contributed by atoms with Gasteiger partial charge in [-0.25, -0.2) is 8.78 Å². The summed E-state index contributed by atoms with van der Waals surface area (Å²) in [5.74, 6) is -3.72. The Morgan fingerprint density at radius 1 is 1.05 bits per heavy atom. The first kappa shape index (κ1) is 25.0. The van der Waals surface area contributed by atoms with Crippen molar-refractivity contribution in [2.24, 2.45) is 0 Å². The number of benzene rings is 2. The van der Waals surface area contributed by atoms with Crippen molar-refractivity contribution in [1.82, 2.24) is 20.0 Å². The maximum atomic E-state index is 14.0. The summed E-state index contributed by atoms with van der Waals surface area (Å²) in [6.07, 6.45) is 2.46. The monoisotopic (exact) mass is 585 g/mol. The van der Waals surface area contributed by atoms with E-state index >= 15 is 0 Å². The van der Waals surface area contributed by atoms with E-state index in [0.29, 0.717) is 37.2 Å². The second-order valence-corrected chi connectivity index (χ2v) is 11.2. The molecule has 3 aromatic rings. The highest BCUT2D eigenvalue weighted by Gasteiger charge is 2.54. The minimum atomic E-state index is -2.91. The number of aromatic amines is 1. The van der Waals surface area contributed by atoms with E-state index in [1.54, 1.807) is 35.4 Å². The number of H-pyrrole nitrogens is 1. The molecule has 2 fully saturated rings. The molecule has 1 aromatic heterocycles. The van der Waals surface area contributed by atoms with Crippen LogP contribution in [0, 0.1) is 0 Å². The second-order valence-electron chi connectivity index (χ2n) is 10.3. The predicted octanol–water partition coefficient (Wildman–Crippen LogP) is 4.10. The van der Waals surface area contributed by atoms with Crippen LogP contribution in [-0.4, -0.2) is 76.4 Å². The topological polar surface area (TPSA) is 89.6 Å². The minimum absolute atomic E-state index is 0.112. The lowest BCUT2D eigenvalue weighted by molar-refractivity contribution is -0.141. The normalized spacial score (nSPS) is 20.3. The number of rotatable bonds is 3. The van der Waals surface area contributed by atoms with Crippen LogP contribution >= 0.6 is 15.9 Å². The number of alkyl halides is 2. The number of amides is 3. The lowest BCUT2D eigenvalue weighted by Gasteiger charge is -2.39. The van der Waals surface area contributed by atoms with Crippen molar-refractivity contribution in [2.75, 3.05) is 37.6 Å². The molecule has 0 bridgehead atoms. The number of hydrogen-bond acceptors (Lipinski definition) is 4. The van der Waals surface area contributed by atoms with Crippen LogP contribution in [-0.2, 0) is 15.0 Å². The van der Waals surface area contributed by atoms with Gasteiger partial charge in [-0.3, -0.25) is 19.5 Å². The fourth-order valence-corrected chi connectivity index (χ4v) is 6.81. The Morgan fingerprint density at radius 2 is 1.84 bits per heavy atom. The molecule has 0 atom stereocenters. The van der Waals surface area contributed by atoms with Crippen LogP contribution in [0.25, 0.3) is 10.9 Å². The Kier molecular flexibility index (Phi) is 6.01.